The maximum absolute atomic E-state index is 13.3. The SMILES string of the molecule is C=CCN(c1ccccc1/C=C(/Br)C(=O)OCC)S(=O)(=O)c1ccc(C)cc1. The van der Waals surface area contributed by atoms with Crippen molar-refractivity contribution < 1.29 is 17.9 Å². The second-order valence-electron chi connectivity index (χ2n) is 5.91. The van der Waals surface area contributed by atoms with Gasteiger partial charge < -0.3 is 4.74 Å². The number of anilines is 1. The summed E-state index contributed by atoms with van der Waals surface area (Å²) in [7, 11) is -3.82. The van der Waals surface area contributed by atoms with Gasteiger partial charge in [-0.25, -0.2) is 13.2 Å². The lowest BCUT2D eigenvalue weighted by Gasteiger charge is -2.25. The van der Waals surface area contributed by atoms with E-state index in [-0.39, 0.29) is 22.5 Å². The van der Waals surface area contributed by atoms with E-state index >= 15 is 0 Å². The van der Waals surface area contributed by atoms with E-state index in [1.54, 1.807) is 61.5 Å². The molecule has 0 saturated heterocycles. The van der Waals surface area contributed by atoms with Crippen LogP contribution in [0.1, 0.15) is 18.1 Å². The first-order chi connectivity index (χ1) is 13.3. The second-order valence-corrected chi connectivity index (χ2v) is 8.63. The summed E-state index contributed by atoms with van der Waals surface area (Å²) in [4.78, 5) is 12.1. The normalized spacial score (nSPS) is 11.8. The second kappa shape index (κ2) is 9.71. The number of rotatable bonds is 8. The molecular weight excluding hydrogens is 442 g/mol. The van der Waals surface area contributed by atoms with Crippen LogP contribution in [-0.4, -0.2) is 27.5 Å². The summed E-state index contributed by atoms with van der Waals surface area (Å²) in [6.07, 6.45) is 3.07. The molecule has 0 heterocycles. The number of benzene rings is 2. The van der Waals surface area contributed by atoms with Crippen LogP contribution in [0.2, 0.25) is 0 Å². The Morgan fingerprint density at radius 1 is 1.18 bits per heavy atom. The van der Waals surface area contributed by atoms with Crippen molar-refractivity contribution in [3.8, 4) is 0 Å². The van der Waals surface area contributed by atoms with Crippen molar-refractivity contribution in [1.82, 2.24) is 0 Å². The molecule has 148 valence electrons. The molecule has 0 saturated carbocycles. The first-order valence-corrected chi connectivity index (χ1v) is 10.9. The third-order valence-electron chi connectivity index (χ3n) is 3.86. The summed E-state index contributed by atoms with van der Waals surface area (Å²) < 4.78 is 33.0. The van der Waals surface area contributed by atoms with Gasteiger partial charge in [0, 0.05) is 5.56 Å². The molecule has 28 heavy (non-hydrogen) atoms. The van der Waals surface area contributed by atoms with Crippen LogP contribution in [0.3, 0.4) is 0 Å². The number of halogens is 1. The predicted molar refractivity (Wildman–Crippen MR) is 116 cm³/mol. The molecule has 0 amide bonds. The molecule has 0 aliphatic rings. The monoisotopic (exact) mass is 463 g/mol. The van der Waals surface area contributed by atoms with Crippen LogP contribution in [-0.2, 0) is 19.6 Å². The summed E-state index contributed by atoms with van der Waals surface area (Å²) >= 11 is 3.21. The molecule has 0 unspecified atom stereocenters. The Morgan fingerprint density at radius 3 is 2.43 bits per heavy atom. The van der Waals surface area contributed by atoms with Gasteiger partial charge in [0.25, 0.3) is 10.0 Å². The predicted octanol–water partition coefficient (Wildman–Crippen LogP) is 4.68. The zero-order valence-corrected chi connectivity index (χ0v) is 18.2. The van der Waals surface area contributed by atoms with Crippen molar-refractivity contribution >= 4 is 43.7 Å². The molecule has 0 aromatic heterocycles. The van der Waals surface area contributed by atoms with E-state index in [0.717, 1.165) is 5.56 Å². The van der Waals surface area contributed by atoms with Gasteiger partial charge in [0.05, 0.1) is 23.7 Å². The topological polar surface area (TPSA) is 63.7 Å². The summed E-state index contributed by atoms with van der Waals surface area (Å²) in [5.74, 6) is -0.519. The zero-order chi connectivity index (χ0) is 20.7. The van der Waals surface area contributed by atoms with Crippen LogP contribution in [0.4, 0.5) is 5.69 Å². The highest BCUT2D eigenvalue weighted by molar-refractivity contribution is 9.12. The molecule has 0 bridgehead atoms. The van der Waals surface area contributed by atoms with E-state index in [2.05, 4.69) is 22.5 Å². The number of carbonyl (C=O) groups excluding carboxylic acids is 1. The van der Waals surface area contributed by atoms with Gasteiger partial charge in [-0.05, 0) is 54.1 Å². The Kier molecular flexibility index (Phi) is 7.60. The van der Waals surface area contributed by atoms with E-state index < -0.39 is 16.0 Å². The number of para-hydroxylation sites is 1. The first kappa shape index (κ1) is 21.9. The fraction of sp³-hybridized carbons (Fsp3) is 0.190. The summed E-state index contributed by atoms with van der Waals surface area (Å²) in [6.45, 7) is 7.62. The average Bonchev–Trinajstić information content (AvgIpc) is 2.67. The quantitative estimate of drug-likeness (QED) is 0.324. The Hall–Kier alpha value is -2.38. The van der Waals surface area contributed by atoms with Crippen LogP contribution < -0.4 is 4.31 Å². The summed E-state index contributed by atoms with van der Waals surface area (Å²) in [5.41, 5.74) is 1.96. The highest BCUT2D eigenvalue weighted by Gasteiger charge is 2.25. The summed E-state index contributed by atoms with van der Waals surface area (Å²) in [6, 6.07) is 13.6. The summed E-state index contributed by atoms with van der Waals surface area (Å²) in [5, 5.41) is 0. The van der Waals surface area contributed by atoms with Crippen molar-refractivity contribution in [3.63, 3.8) is 0 Å². The number of nitrogens with zero attached hydrogens (tertiary/aromatic N) is 1. The third kappa shape index (κ3) is 5.11. The molecular formula is C21H22BrNO4S. The van der Waals surface area contributed by atoms with Crippen LogP contribution >= 0.6 is 15.9 Å². The number of sulfonamides is 1. The van der Waals surface area contributed by atoms with E-state index in [9.17, 15) is 13.2 Å². The van der Waals surface area contributed by atoms with Crippen molar-refractivity contribution in [3.05, 3.63) is 76.8 Å². The molecule has 0 aliphatic heterocycles. The number of hydrogen-bond acceptors (Lipinski definition) is 4. The minimum atomic E-state index is -3.82. The molecule has 7 heteroatoms. The number of carbonyl (C=O) groups is 1. The molecule has 2 aromatic carbocycles. The van der Waals surface area contributed by atoms with Gasteiger partial charge in [-0.2, -0.15) is 0 Å². The van der Waals surface area contributed by atoms with Gasteiger partial charge in [-0.1, -0.05) is 42.0 Å². The van der Waals surface area contributed by atoms with Crippen molar-refractivity contribution in [2.24, 2.45) is 0 Å². The number of ether oxygens (including phenoxy) is 1. The largest absolute Gasteiger partial charge is 0.462 e. The minimum Gasteiger partial charge on any atom is -0.462 e. The molecule has 0 N–H and O–H groups in total. The van der Waals surface area contributed by atoms with Crippen LogP contribution in [0.5, 0.6) is 0 Å². The Morgan fingerprint density at radius 2 is 1.82 bits per heavy atom. The van der Waals surface area contributed by atoms with Gasteiger partial charge in [-0.3, -0.25) is 4.31 Å². The lowest BCUT2D eigenvalue weighted by molar-refractivity contribution is -0.137. The third-order valence-corrected chi connectivity index (χ3v) is 6.21. The molecule has 0 aliphatic carbocycles. The van der Waals surface area contributed by atoms with Crippen molar-refractivity contribution in [2.45, 2.75) is 18.7 Å². The highest BCUT2D eigenvalue weighted by Crippen LogP contribution is 2.29. The fourth-order valence-corrected chi connectivity index (χ4v) is 4.34. The molecule has 0 fully saturated rings. The van der Waals surface area contributed by atoms with E-state index in [1.807, 2.05) is 6.92 Å². The molecule has 5 nitrogen and oxygen atoms in total. The lowest BCUT2D eigenvalue weighted by Crippen LogP contribution is -2.31. The number of esters is 1. The van der Waals surface area contributed by atoms with Crippen molar-refractivity contribution in [1.29, 1.82) is 0 Å². The molecule has 0 radical (unpaired) electrons. The molecule has 2 aromatic rings. The Labute approximate surface area is 174 Å². The first-order valence-electron chi connectivity index (χ1n) is 8.65. The Bertz CT molecular complexity index is 982. The Balaban J connectivity index is 2.56. The molecule has 0 spiro atoms. The van der Waals surface area contributed by atoms with Gasteiger partial charge in [-0.15, -0.1) is 6.58 Å². The van der Waals surface area contributed by atoms with Gasteiger partial charge in [0.2, 0.25) is 0 Å². The number of hydrogen-bond donors (Lipinski definition) is 0. The van der Waals surface area contributed by atoms with Crippen LogP contribution in [0.15, 0.2) is 70.6 Å². The minimum absolute atomic E-state index is 0.0814. The fourth-order valence-electron chi connectivity index (χ4n) is 2.51. The van der Waals surface area contributed by atoms with E-state index in [0.29, 0.717) is 11.3 Å². The smallest absolute Gasteiger partial charge is 0.345 e. The average molecular weight is 464 g/mol. The highest BCUT2D eigenvalue weighted by atomic mass is 79.9. The van der Waals surface area contributed by atoms with Crippen molar-refractivity contribution in [2.75, 3.05) is 17.5 Å². The maximum Gasteiger partial charge on any atom is 0.345 e. The number of aryl methyl sites for hydroxylation is 1. The van der Waals surface area contributed by atoms with Gasteiger partial charge in [0.1, 0.15) is 4.48 Å². The lowest BCUT2D eigenvalue weighted by atomic mass is 10.1. The molecule has 2 rings (SSSR count). The van der Waals surface area contributed by atoms with E-state index in [4.69, 9.17) is 4.74 Å². The van der Waals surface area contributed by atoms with Crippen LogP contribution in [0.25, 0.3) is 6.08 Å². The van der Waals surface area contributed by atoms with Gasteiger partial charge in [0.15, 0.2) is 0 Å². The molecule has 0 atom stereocenters. The van der Waals surface area contributed by atoms with Gasteiger partial charge >= 0.3 is 5.97 Å². The maximum atomic E-state index is 13.3. The zero-order valence-electron chi connectivity index (χ0n) is 15.8. The van der Waals surface area contributed by atoms with E-state index in [1.165, 1.54) is 10.4 Å². The standard InChI is InChI=1S/C21H22BrNO4S/c1-4-14-23(28(25,26)18-12-10-16(3)11-13-18)20-9-7-6-8-17(20)15-19(22)21(24)27-5-2/h4,6-13,15H,1,5,14H2,2-3H3/b19-15+. The van der Waals surface area contributed by atoms with Crippen LogP contribution in [0, 0.1) is 6.92 Å².